The summed E-state index contributed by atoms with van der Waals surface area (Å²) in [4.78, 5) is 3.93. The van der Waals surface area contributed by atoms with Gasteiger partial charge >= 0.3 is 0 Å². The first-order chi connectivity index (χ1) is 9.57. The molecule has 0 amide bonds. The van der Waals surface area contributed by atoms with Crippen LogP contribution in [0.2, 0.25) is 0 Å². The third kappa shape index (κ3) is 3.24. The highest BCUT2D eigenvalue weighted by atomic mass is 32.2. The molecule has 5 nitrogen and oxygen atoms in total. The van der Waals surface area contributed by atoms with Gasteiger partial charge in [-0.2, -0.15) is 4.31 Å². The molecule has 0 saturated heterocycles. The second kappa shape index (κ2) is 6.45. The summed E-state index contributed by atoms with van der Waals surface area (Å²) in [5.41, 5.74) is 7.29. The zero-order valence-corrected chi connectivity index (χ0v) is 12.8. The number of sulfonamides is 1. The van der Waals surface area contributed by atoms with Gasteiger partial charge in [-0.05, 0) is 34.7 Å². The molecule has 2 aromatic heterocycles. The van der Waals surface area contributed by atoms with E-state index in [0.29, 0.717) is 23.8 Å². The van der Waals surface area contributed by atoms with E-state index in [4.69, 9.17) is 5.73 Å². The second-order valence-electron chi connectivity index (χ2n) is 4.26. The molecule has 0 aliphatic carbocycles. The number of rotatable bonds is 6. The van der Waals surface area contributed by atoms with E-state index in [-0.39, 0.29) is 0 Å². The minimum absolute atomic E-state index is 0.342. The molecule has 2 aromatic rings. The molecule has 7 heteroatoms. The Kier molecular flexibility index (Phi) is 4.87. The van der Waals surface area contributed by atoms with Gasteiger partial charge in [0.2, 0.25) is 0 Å². The average molecular weight is 311 g/mol. The number of hydrogen-bond donors (Lipinski definition) is 1. The Balaban J connectivity index is 2.25. The summed E-state index contributed by atoms with van der Waals surface area (Å²) in [6.45, 7) is 2.94. The largest absolute Gasteiger partial charge is 0.326 e. The highest BCUT2D eigenvalue weighted by Crippen LogP contribution is 2.24. The van der Waals surface area contributed by atoms with Crippen molar-refractivity contribution in [3.63, 3.8) is 0 Å². The van der Waals surface area contributed by atoms with E-state index in [1.54, 1.807) is 23.8 Å². The maximum Gasteiger partial charge on any atom is 0.252 e. The summed E-state index contributed by atoms with van der Waals surface area (Å²) < 4.78 is 26.9. The number of nitrogens with zero attached hydrogens (tertiary/aromatic N) is 2. The van der Waals surface area contributed by atoms with Crippen LogP contribution in [0, 0.1) is 0 Å². The van der Waals surface area contributed by atoms with E-state index in [2.05, 4.69) is 4.98 Å². The smallest absolute Gasteiger partial charge is 0.252 e. The van der Waals surface area contributed by atoms with Crippen molar-refractivity contribution in [1.82, 2.24) is 9.29 Å². The van der Waals surface area contributed by atoms with Gasteiger partial charge in [-0.3, -0.25) is 4.98 Å². The summed E-state index contributed by atoms with van der Waals surface area (Å²) in [7, 11) is -3.46. The van der Waals surface area contributed by atoms with Gasteiger partial charge < -0.3 is 5.73 Å². The molecule has 0 fully saturated rings. The van der Waals surface area contributed by atoms with Crippen molar-refractivity contribution in [3.05, 3.63) is 47.1 Å². The normalized spacial score (nSPS) is 11.9. The lowest BCUT2D eigenvalue weighted by Crippen LogP contribution is -2.29. The van der Waals surface area contributed by atoms with Gasteiger partial charge in [-0.15, -0.1) is 11.3 Å². The van der Waals surface area contributed by atoms with Gasteiger partial charge in [0.05, 0.1) is 0 Å². The predicted octanol–water partition coefficient (Wildman–Crippen LogP) is 1.81. The van der Waals surface area contributed by atoms with Gasteiger partial charge in [0, 0.05) is 32.0 Å². The van der Waals surface area contributed by atoms with Crippen LogP contribution in [0.25, 0.3) is 0 Å². The maximum absolute atomic E-state index is 12.6. The molecule has 0 aromatic carbocycles. The molecule has 0 aliphatic heterocycles. The molecular formula is C13H17N3O2S2. The molecule has 0 atom stereocenters. The maximum atomic E-state index is 12.6. The number of thiophene rings is 1. The van der Waals surface area contributed by atoms with Crippen LogP contribution >= 0.6 is 11.3 Å². The van der Waals surface area contributed by atoms with Crippen molar-refractivity contribution in [2.45, 2.75) is 24.2 Å². The molecule has 0 unspecified atom stereocenters. The summed E-state index contributed by atoms with van der Waals surface area (Å²) in [5.74, 6) is 0. The first-order valence-corrected chi connectivity index (χ1v) is 8.56. The first-order valence-electron chi connectivity index (χ1n) is 6.24. The third-order valence-corrected chi connectivity index (χ3v) is 6.31. The molecule has 108 valence electrons. The van der Waals surface area contributed by atoms with Crippen molar-refractivity contribution in [1.29, 1.82) is 0 Å². The van der Waals surface area contributed by atoms with Gasteiger partial charge in [-0.1, -0.05) is 6.92 Å². The van der Waals surface area contributed by atoms with Gasteiger partial charge in [0.25, 0.3) is 10.0 Å². The van der Waals surface area contributed by atoms with Crippen molar-refractivity contribution in [2.24, 2.45) is 5.73 Å². The Labute approximate surface area is 123 Å². The SMILES string of the molecule is CCN(Cc1ccncc1)S(=O)(=O)c1cc(CN)cs1. The van der Waals surface area contributed by atoms with Crippen molar-refractivity contribution in [2.75, 3.05) is 6.54 Å². The molecule has 0 aliphatic rings. The molecule has 2 heterocycles. The molecule has 2 N–H and O–H groups in total. The molecule has 20 heavy (non-hydrogen) atoms. The van der Waals surface area contributed by atoms with Crippen LogP contribution in [0.3, 0.4) is 0 Å². The Morgan fingerprint density at radius 1 is 1.30 bits per heavy atom. The summed E-state index contributed by atoms with van der Waals surface area (Å²) in [6, 6.07) is 5.28. The summed E-state index contributed by atoms with van der Waals surface area (Å²) in [6.07, 6.45) is 3.32. The Morgan fingerprint density at radius 3 is 2.55 bits per heavy atom. The van der Waals surface area contributed by atoms with Gasteiger partial charge in [0.15, 0.2) is 0 Å². The van der Waals surface area contributed by atoms with E-state index in [1.165, 1.54) is 15.6 Å². The summed E-state index contributed by atoms with van der Waals surface area (Å²) >= 11 is 1.21. The number of hydrogen-bond acceptors (Lipinski definition) is 5. The fraction of sp³-hybridized carbons (Fsp3) is 0.308. The zero-order chi connectivity index (χ0) is 14.6. The van der Waals surface area contributed by atoms with E-state index >= 15 is 0 Å². The number of pyridine rings is 1. The molecule has 0 bridgehead atoms. The zero-order valence-electron chi connectivity index (χ0n) is 11.2. The minimum atomic E-state index is -3.46. The lowest BCUT2D eigenvalue weighted by Gasteiger charge is -2.19. The standard InChI is InChI=1S/C13H17N3O2S2/c1-2-16(9-11-3-5-15-6-4-11)20(17,18)13-7-12(8-14)10-19-13/h3-7,10H,2,8-9,14H2,1H3. The third-order valence-electron chi connectivity index (χ3n) is 2.92. The number of nitrogens with two attached hydrogens (primary N) is 1. The van der Waals surface area contributed by atoms with Gasteiger partial charge in [0.1, 0.15) is 4.21 Å². The van der Waals surface area contributed by atoms with Crippen LogP contribution in [0.1, 0.15) is 18.1 Å². The molecule has 2 rings (SSSR count). The predicted molar refractivity (Wildman–Crippen MR) is 79.7 cm³/mol. The van der Waals surface area contributed by atoms with Crippen molar-refractivity contribution >= 4 is 21.4 Å². The lowest BCUT2D eigenvalue weighted by atomic mass is 10.3. The molecule has 0 radical (unpaired) electrons. The Hall–Kier alpha value is -1.28. The Bertz CT molecular complexity index is 653. The van der Waals surface area contributed by atoms with Crippen molar-refractivity contribution in [3.8, 4) is 0 Å². The monoisotopic (exact) mass is 311 g/mol. The van der Waals surface area contributed by atoms with Crippen LogP contribution in [-0.2, 0) is 23.1 Å². The van der Waals surface area contributed by atoms with Crippen LogP contribution < -0.4 is 5.73 Å². The minimum Gasteiger partial charge on any atom is -0.326 e. The summed E-state index contributed by atoms with van der Waals surface area (Å²) in [5, 5.41) is 1.78. The quantitative estimate of drug-likeness (QED) is 0.883. The van der Waals surface area contributed by atoms with E-state index in [1.807, 2.05) is 19.1 Å². The van der Waals surface area contributed by atoms with Crippen LogP contribution in [0.15, 0.2) is 40.2 Å². The lowest BCUT2D eigenvalue weighted by molar-refractivity contribution is 0.424. The van der Waals surface area contributed by atoms with E-state index in [9.17, 15) is 8.42 Å². The molecule has 0 spiro atoms. The van der Waals surface area contributed by atoms with E-state index < -0.39 is 10.0 Å². The molecular weight excluding hydrogens is 294 g/mol. The van der Waals surface area contributed by atoms with Gasteiger partial charge in [-0.25, -0.2) is 8.42 Å². The molecule has 0 saturated carbocycles. The first kappa shape index (κ1) is 15.1. The van der Waals surface area contributed by atoms with Crippen molar-refractivity contribution < 1.29 is 8.42 Å². The van der Waals surface area contributed by atoms with Crippen LogP contribution in [0.5, 0.6) is 0 Å². The Morgan fingerprint density at radius 2 is 2.00 bits per heavy atom. The fourth-order valence-corrected chi connectivity index (χ4v) is 4.59. The highest BCUT2D eigenvalue weighted by molar-refractivity contribution is 7.91. The average Bonchev–Trinajstić information content (AvgIpc) is 2.95. The number of aromatic nitrogens is 1. The van der Waals surface area contributed by atoms with Crippen LogP contribution in [-0.4, -0.2) is 24.3 Å². The van der Waals surface area contributed by atoms with E-state index in [0.717, 1.165) is 11.1 Å². The second-order valence-corrected chi connectivity index (χ2v) is 7.34. The fourth-order valence-electron chi connectivity index (χ4n) is 1.78. The van der Waals surface area contributed by atoms with Crippen LogP contribution in [0.4, 0.5) is 0 Å². The topological polar surface area (TPSA) is 76.3 Å². The highest BCUT2D eigenvalue weighted by Gasteiger charge is 2.24.